The number of ether oxygens (including phenoxy) is 5. The van der Waals surface area contributed by atoms with E-state index < -0.39 is 67.5 Å². The molecule has 27 heavy (non-hydrogen) atoms. The summed E-state index contributed by atoms with van der Waals surface area (Å²) in [5, 5.41) is 68.9. The Balaban J connectivity index is 1.54. The highest BCUT2D eigenvalue weighted by Gasteiger charge is 2.46. The third kappa shape index (κ3) is 4.58. The van der Waals surface area contributed by atoms with Crippen molar-refractivity contribution in [3.05, 3.63) is 0 Å². The Kier molecular flexibility index (Phi) is 7.00. The number of rotatable bonds is 4. The molecule has 12 nitrogen and oxygen atoms in total. The zero-order valence-corrected chi connectivity index (χ0v) is 14.4. The van der Waals surface area contributed by atoms with Crippen molar-refractivity contribution in [1.82, 2.24) is 0 Å². The highest BCUT2D eigenvalue weighted by Crippen LogP contribution is 2.26. The van der Waals surface area contributed by atoms with E-state index in [9.17, 15) is 35.7 Å². The zero-order valence-electron chi connectivity index (χ0n) is 14.4. The van der Waals surface area contributed by atoms with Gasteiger partial charge in [0, 0.05) is 0 Å². The average molecular weight is 398 g/mol. The van der Waals surface area contributed by atoms with Gasteiger partial charge in [0.15, 0.2) is 12.6 Å². The van der Waals surface area contributed by atoms with Gasteiger partial charge in [0.05, 0.1) is 26.4 Å². The number of aliphatic hydroxyl groups is 7. The van der Waals surface area contributed by atoms with Crippen molar-refractivity contribution in [1.29, 1.82) is 0 Å². The molecule has 0 aliphatic carbocycles. The van der Waals surface area contributed by atoms with E-state index >= 15 is 0 Å². The summed E-state index contributed by atoms with van der Waals surface area (Å²) < 4.78 is 26.3. The quantitative estimate of drug-likeness (QED) is 0.239. The minimum absolute atomic E-state index is 0.0247. The van der Waals surface area contributed by atoms with Gasteiger partial charge < -0.3 is 59.4 Å². The Labute approximate surface area is 154 Å². The van der Waals surface area contributed by atoms with Gasteiger partial charge in [-0.25, -0.2) is 0 Å². The summed E-state index contributed by atoms with van der Waals surface area (Å²) in [5.74, 6) is 0. The lowest BCUT2D eigenvalue weighted by Crippen LogP contribution is -2.61. The molecule has 0 aromatic heterocycles. The minimum Gasteiger partial charge on any atom is -0.388 e. The van der Waals surface area contributed by atoms with Gasteiger partial charge in [0.2, 0.25) is 0 Å². The molecule has 0 unspecified atom stereocenters. The second kappa shape index (κ2) is 8.90. The highest BCUT2D eigenvalue weighted by molar-refractivity contribution is 4.89. The molecule has 7 N–H and O–H groups in total. The Morgan fingerprint density at radius 1 is 0.519 bits per heavy atom. The summed E-state index contributed by atoms with van der Waals surface area (Å²) in [6.45, 7) is -0.593. The summed E-state index contributed by atoms with van der Waals surface area (Å²) in [7, 11) is 0. The van der Waals surface area contributed by atoms with Gasteiger partial charge in [-0.05, 0) is 0 Å². The molecule has 3 fully saturated rings. The molecular weight excluding hydrogens is 372 g/mol. The fraction of sp³-hybridized carbons (Fsp3) is 1.00. The smallest absolute Gasteiger partial charge is 0.186 e. The van der Waals surface area contributed by atoms with Crippen molar-refractivity contribution in [3.63, 3.8) is 0 Å². The zero-order chi connectivity index (χ0) is 19.7. The summed E-state index contributed by atoms with van der Waals surface area (Å²) >= 11 is 0. The van der Waals surface area contributed by atoms with Crippen molar-refractivity contribution in [2.45, 2.75) is 67.5 Å². The maximum absolute atomic E-state index is 10.3. The molecule has 0 radical (unpaired) electrons. The van der Waals surface area contributed by atoms with Crippen LogP contribution in [0.2, 0.25) is 0 Å². The fourth-order valence-corrected chi connectivity index (χ4v) is 3.12. The molecule has 3 heterocycles. The molecule has 3 saturated heterocycles. The molecule has 3 aliphatic rings. The van der Waals surface area contributed by atoms with Crippen LogP contribution in [0.5, 0.6) is 0 Å². The van der Waals surface area contributed by atoms with E-state index in [0.29, 0.717) is 0 Å². The van der Waals surface area contributed by atoms with Crippen LogP contribution in [-0.4, -0.2) is 130 Å². The fourth-order valence-electron chi connectivity index (χ4n) is 3.12. The molecule has 11 atom stereocenters. The van der Waals surface area contributed by atoms with E-state index in [1.54, 1.807) is 0 Å². The Morgan fingerprint density at radius 2 is 1.04 bits per heavy atom. The van der Waals surface area contributed by atoms with E-state index in [2.05, 4.69) is 0 Å². The molecule has 0 aromatic carbocycles. The summed E-state index contributed by atoms with van der Waals surface area (Å²) in [5.41, 5.74) is 0. The van der Waals surface area contributed by atoms with Crippen LogP contribution in [0, 0.1) is 0 Å². The standard InChI is InChI=1S/C15H26O12/c16-5-1-23-3-7(9(5)18)26-15-13(22)11(20)8(4-25-15)27-14-12(21)10(19)6(17)2-24-14/h5-22H,1-4H2/t5-,6+,7+,8+,9+,10-,11-,12+,13+,14-,15-/m0/s1. The lowest BCUT2D eigenvalue weighted by Gasteiger charge is -2.42. The molecule has 3 aliphatic heterocycles. The maximum Gasteiger partial charge on any atom is 0.186 e. The monoisotopic (exact) mass is 398 g/mol. The predicted molar refractivity (Wildman–Crippen MR) is 82.1 cm³/mol. The molecule has 0 spiro atoms. The first-order chi connectivity index (χ1) is 12.8. The average Bonchev–Trinajstić information content (AvgIpc) is 2.65. The summed E-state index contributed by atoms with van der Waals surface area (Å²) in [6.07, 6.45) is -14.4. The SMILES string of the molecule is O[C@@H]1[C@@H](O)[C@H](O[C@@H]2CO[C@@H](O[C@@H]3COC[C@H](O)[C@H]3O)[C@H](O)[C@H]2O)OC[C@H]1O. The Bertz CT molecular complexity index is 480. The lowest BCUT2D eigenvalue weighted by atomic mass is 10.0. The third-order valence-corrected chi connectivity index (χ3v) is 4.85. The van der Waals surface area contributed by atoms with Crippen LogP contribution in [0.4, 0.5) is 0 Å². The van der Waals surface area contributed by atoms with E-state index in [0.717, 1.165) is 0 Å². The molecule has 0 saturated carbocycles. The van der Waals surface area contributed by atoms with Crippen molar-refractivity contribution >= 4 is 0 Å². The predicted octanol–water partition coefficient (Wildman–Crippen LogP) is -4.97. The summed E-state index contributed by atoms with van der Waals surface area (Å²) in [6, 6.07) is 0. The number of hydrogen-bond donors (Lipinski definition) is 7. The van der Waals surface area contributed by atoms with Gasteiger partial charge in [-0.1, -0.05) is 0 Å². The highest BCUT2D eigenvalue weighted by atomic mass is 16.7. The largest absolute Gasteiger partial charge is 0.388 e. The van der Waals surface area contributed by atoms with Crippen molar-refractivity contribution in [3.8, 4) is 0 Å². The van der Waals surface area contributed by atoms with Crippen LogP contribution in [0.3, 0.4) is 0 Å². The van der Waals surface area contributed by atoms with Crippen LogP contribution >= 0.6 is 0 Å². The molecule has 3 rings (SSSR count). The Morgan fingerprint density at radius 3 is 1.70 bits per heavy atom. The number of aliphatic hydroxyl groups excluding tert-OH is 7. The molecule has 0 bridgehead atoms. The van der Waals surface area contributed by atoms with E-state index in [-0.39, 0.29) is 26.4 Å². The second-order valence-corrected chi connectivity index (χ2v) is 6.88. The van der Waals surface area contributed by atoms with Gasteiger partial charge in [0.1, 0.15) is 54.9 Å². The first kappa shape index (κ1) is 21.2. The van der Waals surface area contributed by atoms with Crippen molar-refractivity contribution in [2.24, 2.45) is 0 Å². The molecule has 158 valence electrons. The van der Waals surface area contributed by atoms with Gasteiger partial charge in [0.25, 0.3) is 0 Å². The van der Waals surface area contributed by atoms with Crippen molar-refractivity contribution < 1.29 is 59.4 Å². The molecule has 0 amide bonds. The first-order valence-electron chi connectivity index (χ1n) is 8.68. The minimum atomic E-state index is -1.56. The normalized spacial score (nSPS) is 51.9. The molecule has 12 heteroatoms. The number of hydrogen-bond acceptors (Lipinski definition) is 12. The van der Waals surface area contributed by atoms with Crippen molar-refractivity contribution in [2.75, 3.05) is 26.4 Å². The topological polar surface area (TPSA) is 188 Å². The van der Waals surface area contributed by atoms with Gasteiger partial charge in [-0.3, -0.25) is 0 Å². The van der Waals surface area contributed by atoms with Crippen LogP contribution < -0.4 is 0 Å². The van der Waals surface area contributed by atoms with E-state index in [1.807, 2.05) is 0 Å². The van der Waals surface area contributed by atoms with Gasteiger partial charge in [-0.15, -0.1) is 0 Å². The van der Waals surface area contributed by atoms with Crippen LogP contribution in [0.25, 0.3) is 0 Å². The molecular formula is C15H26O12. The van der Waals surface area contributed by atoms with Crippen LogP contribution in [0.1, 0.15) is 0 Å². The maximum atomic E-state index is 10.3. The van der Waals surface area contributed by atoms with Gasteiger partial charge >= 0.3 is 0 Å². The first-order valence-corrected chi connectivity index (χ1v) is 8.68. The lowest BCUT2D eigenvalue weighted by molar-refractivity contribution is -0.339. The van der Waals surface area contributed by atoms with E-state index in [1.165, 1.54) is 0 Å². The Hall–Kier alpha value is -0.480. The van der Waals surface area contributed by atoms with E-state index in [4.69, 9.17) is 23.7 Å². The van der Waals surface area contributed by atoms with Crippen LogP contribution in [0.15, 0.2) is 0 Å². The third-order valence-electron chi connectivity index (χ3n) is 4.85. The van der Waals surface area contributed by atoms with Gasteiger partial charge in [-0.2, -0.15) is 0 Å². The second-order valence-electron chi connectivity index (χ2n) is 6.88. The summed E-state index contributed by atoms with van der Waals surface area (Å²) in [4.78, 5) is 0. The van der Waals surface area contributed by atoms with Crippen LogP contribution in [-0.2, 0) is 23.7 Å². The molecule has 0 aromatic rings.